The summed E-state index contributed by atoms with van der Waals surface area (Å²) in [5, 5.41) is 4.56. The maximum atomic E-state index is 5.89. The molecule has 108 valence electrons. The Kier molecular flexibility index (Phi) is 4.96. The van der Waals surface area contributed by atoms with E-state index in [1.165, 1.54) is 0 Å². The summed E-state index contributed by atoms with van der Waals surface area (Å²) in [6, 6.07) is 8.12. The minimum absolute atomic E-state index is 0.307. The molecule has 5 heteroatoms. The third-order valence-corrected chi connectivity index (χ3v) is 3.62. The number of hydrogen-bond donors (Lipinski definition) is 2. The minimum atomic E-state index is -0.307. The predicted octanol–water partition coefficient (Wildman–Crippen LogP) is 3.16. The van der Waals surface area contributed by atoms with E-state index in [1.807, 2.05) is 25.1 Å². The fourth-order valence-corrected chi connectivity index (χ4v) is 2.38. The van der Waals surface area contributed by atoms with Gasteiger partial charge in [0.05, 0.1) is 23.3 Å². The number of anilines is 1. The van der Waals surface area contributed by atoms with Gasteiger partial charge in [0.25, 0.3) is 0 Å². The number of aromatic nitrogens is 1. The third-order valence-electron chi connectivity index (χ3n) is 3.19. The van der Waals surface area contributed by atoms with Gasteiger partial charge in [0.2, 0.25) is 0 Å². The summed E-state index contributed by atoms with van der Waals surface area (Å²) in [5.41, 5.74) is 7.50. The topological polar surface area (TPSA) is 60.2 Å². The molecule has 0 bridgehead atoms. The molecular weight excluding hydrogens is 318 g/mol. The van der Waals surface area contributed by atoms with Crippen LogP contribution in [-0.4, -0.2) is 30.3 Å². The molecule has 2 aromatic rings. The molecule has 0 saturated carbocycles. The number of benzene rings is 1. The summed E-state index contributed by atoms with van der Waals surface area (Å²) in [7, 11) is 0. The highest BCUT2D eigenvalue weighted by Gasteiger charge is 2.23. The van der Waals surface area contributed by atoms with Gasteiger partial charge in [0.1, 0.15) is 0 Å². The zero-order valence-electron chi connectivity index (χ0n) is 11.8. The van der Waals surface area contributed by atoms with Crippen LogP contribution in [0, 0.1) is 0 Å². The zero-order valence-corrected chi connectivity index (χ0v) is 13.4. The third kappa shape index (κ3) is 3.48. The van der Waals surface area contributed by atoms with Gasteiger partial charge in [0.15, 0.2) is 0 Å². The largest absolute Gasteiger partial charge is 0.379 e. The second-order valence-electron chi connectivity index (χ2n) is 5.06. The number of nitrogens with zero attached hydrogens (tertiary/aromatic N) is 1. The Morgan fingerprint density at radius 1 is 1.45 bits per heavy atom. The van der Waals surface area contributed by atoms with Crippen LogP contribution in [0.15, 0.2) is 34.9 Å². The maximum Gasteiger partial charge on any atom is 0.0934 e. The van der Waals surface area contributed by atoms with Crippen molar-refractivity contribution in [2.24, 2.45) is 5.73 Å². The molecular formula is C15H20BrN3O. The maximum absolute atomic E-state index is 5.89. The molecule has 1 aromatic carbocycles. The van der Waals surface area contributed by atoms with Crippen molar-refractivity contribution in [3.63, 3.8) is 0 Å². The molecule has 20 heavy (non-hydrogen) atoms. The summed E-state index contributed by atoms with van der Waals surface area (Å²) in [4.78, 5) is 4.49. The first-order chi connectivity index (χ1) is 9.58. The number of halogens is 1. The molecule has 1 aromatic heterocycles. The lowest BCUT2D eigenvalue weighted by Gasteiger charge is -2.30. The molecule has 0 radical (unpaired) electrons. The molecule has 0 fully saturated rings. The van der Waals surface area contributed by atoms with Gasteiger partial charge in [-0.15, -0.1) is 0 Å². The second-order valence-corrected chi connectivity index (χ2v) is 5.97. The SMILES string of the molecule is CCOCC(C)(CN)Nc1cccc2cc(Br)cnc12. The molecule has 2 rings (SSSR count). The predicted molar refractivity (Wildman–Crippen MR) is 87.0 cm³/mol. The van der Waals surface area contributed by atoms with Crippen LogP contribution < -0.4 is 11.1 Å². The highest BCUT2D eigenvalue weighted by Crippen LogP contribution is 2.26. The lowest BCUT2D eigenvalue weighted by atomic mass is 10.0. The normalized spacial score (nSPS) is 14.2. The van der Waals surface area contributed by atoms with E-state index < -0.39 is 0 Å². The molecule has 0 saturated heterocycles. The van der Waals surface area contributed by atoms with E-state index in [4.69, 9.17) is 10.5 Å². The lowest BCUT2D eigenvalue weighted by molar-refractivity contribution is 0.112. The number of nitrogens with two attached hydrogens (primary N) is 1. The van der Waals surface area contributed by atoms with Crippen LogP contribution in [0.1, 0.15) is 13.8 Å². The Balaban J connectivity index is 2.32. The van der Waals surface area contributed by atoms with Crippen molar-refractivity contribution in [2.75, 3.05) is 25.1 Å². The van der Waals surface area contributed by atoms with Gasteiger partial charge in [-0.2, -0.15) is 0 Å². The Morgan fingerprint density at radius 3 is 2.95 bits per heavy atom. The average Bonchev–Trinajstić information content (AvgIpc) is 2.45. The number of pyridine rings is 1. The number of fused-ring (bicyclic) bond motifs is 1. The van der Waals surface area contributed by atoms with E-state index in [2.05, 4.69) is 39.2 Å². The molecule has 0 aliphatic rings. The smallest absolute Gasteiger partial charge is 0.0934 e. The molecule has 1 heterocycles. The van der Waals surface area contributed by atoms with E-state index in [0.29, 0.717) is 19.8 Å². The Hall–Kier alpha value is -1.17. The van der Waals surface area contributed by atoms with E-state index in [-0.39, 0.29) is 5.54 Å². The van der Waals surface area contributed by atoms with Crippen LogP contribution in [0.2, 0.25) is 0 Å². The summed E-state index contributed by atoms with van der Waals surface area (Å²) < 4.78 is 6.49. The van der Waals surface area contributed by atoms with Crippen molar-refractivity contribution >= 4 is 32.5 Å². The molecule has 3 N–H and O–H groups in total. The van der Waals surface area contributed by atoms with Gasteiger partial charge in [-0.05, 0) is 41.9 Å². The fraction of sp³-hybridized carbons (Fsp3) is 0.400. The van der Waals surface area contributed by atoms with Crippen molar-refractivity contribution in [1.29, 1.82) is 0 Å². The quantitative estimate of drug-likeness (QED) is 0.849. The summed E-state index contributed by atoms with van der Waals surface area (Å²) in [6.07, 6.45) is 1.80. The van der Waals surface area contributed by atoms with Gasteiger partial charge in [-0.25, -0.2) is 0 Å². The number of ether oxygens (including phenoxy) is 1. The van der Waals surface area contributed by atoms with Crippen LogP contribution in [0.25, 0.3) is 10.9 Å². The van der Waals surface area contributed by atoms with Crippen LogP contribution >= 0.6 is 15.9 Å². The molecule has 0 spiro atoms. The fourth-order valence-electron chi connectivity index (χ4n) is 2.03. The average molecular weight is 338 g/mol. The first-order valence-corrected chi connectivity index (χ1v) is 7.47. The van der Waals surface area contributed by atoms with E-state index >= 15 is 0 Å². The van der Waals surface area contributed by atoms with Crippen LogP contribution in [0.3, 0.4) is 0 Å². The molecule has 1 atom stereocenters. The highest BCUT2D eigenvalue weighted by molar-refractivity contribution is 9.10. The standard InChI is InChI=1S/C15H20BrN3O/c1-3-20-10-15(2,9-17)19-13-6-4-5-11-7-12(16)8-18-14(11)13/h4-8,19H,3,9-10,17H2,1-2H3. The summed E-state index contributed by atoms with van der Waals surface area (Å²) in [6.45, 7) is 5.76. The van der Waals surface area contributed by atoms with E-state index in [9.17, 15) is 0 Å². The van der Waals surface area contributed by atoms with Crippen LogP contribution in [0.5, 0.6) is 0 Å². The molecule has 0 aliphatic carbocycles. The van der Waals surface area contributed by atoms with E-state index in [0.717, 1.165) is 21.1 Å². The number of para-hydroxylation sites is 1. The van der Waals surface area contributed by atoms with Crippen LogP contribution in [0.4, 0.5) is 5.69 Å². The first-order valence-electron chi connectivity index (χ1n) is 6.68. The molecule has 4 nitrogen and oxygen atoms in total. The van der Waals surface area contributed by atoms with E-state index in [1.54, 1.807) is 6.20 Å². The van der Waals surface area contributed by atoms with Gasteiger partial charge in [-0.1, -0.05) is 12.1 Å². The highest BCUT2D eigenvalue weighted by atomic mass is 79.9. The summed E-state index contributed by atoms with van der Waals surface area (Å²) in [5.74, 6) is 0. The minimum Gasteiger partial charge on any atom is -0.379 e. The second kappa shape index (κ2) is 6.52. The Morgan fingerprint density at radius 2 is 2.25 bits per heavy atom. The van der Waals surface area contributed by atoms with Gasteiger partial charge < -0.3 is 15.8 Å². The number of nitrogens with one attached hydrogen (secondary N) is 1. The number of rotatable bonds is 6. The number of hydrogen-bond acceptors (Lipinski definition) is 4. The Labute approximate surface area is 127 Å². The molecule has 0 amide bonds. The van der Waals surface area contributed by atoms with Gasteiger partial charge in [0, 0.05) is 29.2 Å². The first kappa shape index (κ1) is 15.2. The van der Waals surface area contributed by atoms with Crippen molar-refractivity contribution in [1.82, 2.24) is 4.98 Å². The Bertz CT molecular complexity index is 590. The zero-order chi connectivity index (χ0) is 14.6. The van der Waals surface area contributed by atoms with Crippen molar-refractivity contribution in [3.8, 4) is 0 Å². The lowest BCUT2D eigenvalue weighted by Crippen LogP contribution is -2.46. The van der Waals surface area contributed by atoms with Crippen molar-refractivity contribution in [3.05, 3.63) is 34.9 Å². The van der Waals surface area contributed by atoms with Gasteiger partial charge in [-0.3, -0.25) is 4.98 Å². The van der Waals surface area contributed by atoms with Crippen molar-refractivity contribution in [2.45, 2.75) is 19.4 Å². The molecule has 0 aliphatic heterocycles. The van der Waals surface area contributed by atoms with Crippen molar-refractivity contribution < 1.29 is 4.74 Å². The van der Waals surface area contributed by atoms with Crippen LogP contribution in [-0.2, 0) is 4.74 Å². The molecule has 1 unspecified atom stereocenters. The monoisotopic (exact) mass is 337 g/mol. The summed E-state index contributed by atoms with van der Waals surface area (Å²) >= 11 is 3.44. The van der Waals surface area contributed by atoms with Gasteiger partial charge >= 0.3 is 0 Å².